The molecule has 3 N–H and O–H groups in total. The van der Waals surface area contributed by atoms with E-state index in [1.807, 2.05) is 29.8 Å². The van der Waals surface area contributed by atoms with E-state index in [4.69, 9.17) is 10.5 Å². The molecule has 0 unspecified atom stereocenters. The van der Waals surface area contributed by atoms with Crippen LogP contribution in [-0.2, 0) is 29.4 Å². The van der Waals surface area contributed by atoms with E-state index in [9.17, 15) is 14.4 Å². The quantitative estimate of drug-likeness (QED) is 0.332. The number of carbonyl (C=O) groups is 3. The number of aryl methyl sites for hydroxylation is 2. The average Bonchev–Trinajstić information content (AvgIpc) is 3.30. The zero-order valence-corrected chi connectivity index (χ0v) is 20.2. The number of thioether (sulfide) groups is 1. The molecule has 0 aliphatic heterocycles. The summed E-state index contributed by atoms with van der Waals surface area (Å²) in [5, 5.41) is 12.0. The van der Waals surface area contributed by atoms with Crippen LogP contribution in [0.5, 0.6) is 0 Å². The zero-order chi connectivity index (χ0) is 24.0. The van der Waals surface area contributed by atoms with E-state index in [-0.39, 0.29) is 33.7 Å². The number of nitrogens with one attached hydrogen (secondary N) is 1. The van der Waals surface area contributed by atoms with Crippen molar-refractivity contribution in [3.63, 3.8) is 0 Å². The van der Waals surface area contributed by atoms with Crippen LogP contribution in [0.3, 0.4) is 0 Å². The third-order valence-electron chi connectivity index (χ3n) is 4.84. The number of amides is 2. The highest BCUT2D eigenvalue weighted by Crippen LogP contribution is 2.33. The molecular formula is C22H25N5O4S2. The highest BCUT2D eigenvalue weighted by atomic mass is 32.2. The van der Waals surface area contributed by atoms with Crippen molar-refractivity contribution in [2.75, 3.05) is 17.7 Å². The molecule has 0 aliphatic carbocycles. The van der Waals surface area contributed by atoms with Crippen LogP contribution >= 0.6 is 23.1 Å². The van der Waals surface area contributed by atoms with Gasteiger partial charge in [0.05, 0.1) is 22.8 Å². The second-order valence-electron chi connectivity index (χ2n) is 7.13. The number of carbonyl (C=O) groups excluding carboxylic acids is 3. The van der Waals surface area contributed by atoms with Crippen molar-refractivity contribution in [1.29, 1.82) is 0 Å². The first-order chi connectivity index (χ1) is 15.8. The van der Waals surface area contributed by atoms with Crippen LogP contribution in [0.25, 0.3) is 0 Å². The number of benzene rings is 1. The highest BCUT2D eigenvalue weighted by Gasteiger charge is 2.25. The molecule has 9 nitrogen and oxygen atoms in total. The number of nitrogens with zero attached hydrogens (tertiary/aromatic N) is 3. The van der Waals surface area contributed by atoms with Crippen LogP contribution in [0.4, 0.5) is 5.00 Å². The predicted octanol–water partition coefficient (Wildman–Crippen LogP) is 2.98. The summed E-state index contributed by atoms with van der Waals surface area (Å²) in [5.74, 6) is -0.753. The molecule has 2 amide bonds. The molecule has 1 aromatic carbocycles. The number of rotatable bonds is 10. The summed E-state index contributed by atoms with van der Waals surface area (Å²) in [6.07, 6.45) is 1.57. The van der Waals surface area contributed by atoms with E-state index >= 15 is 0 Å². The van der Waals surface area contributed by atoms with E-state index in [0.717, 1.165) is 30.0 Å². The average molecular weight is 488 g/mol. The van der Waals surface area contributed by atoms with Gasteiger partial charge in [0.15, 0.2) is 5.16 Å². The maximum absolute atomic E-state index is 12.6. The molecule has 0 fully saturated rings. The first-order valence-corrected chi connectivity index (χ1v) is 12.1. The second-order valence-corrected chi connectivity index (χ2v) is 9.09. The van der Waals surface area contributed by atoms with Crippen molar-refractivity contribution in [3.8, 4) is 0 Å². The van der Waals surface area contributed by atoms with E-state index in [1.165, 1.54) is 17.3 Å². The van der Waals surface area contributed by atoms with Crippen molar-refractivity contribution < 1.29 is 19.1 Å². The Morgan fingerprint density at radius 3 is 2.58 bits per heavy atom. The van der Waals surface area contributed by atoms with Gasteiger partial charge in [-0.3, -0.25) is 9.59 Å². The number of primary amides is 1. The van der Waals surface area contributed by atoms with Gasteiger partial charge in [-0.1, -0.05) is 42.1 Å². The normalized spacial score (nSPS) is 10.8. The van der Waals surface area contributed by atoms with E-state index in [0.29, 0.717) is 10.7 Å². The maximum Gasteiger partial charge on any atom is 0.341 e. The number of esters is 1. The Bertz CT molecular complexity index is 1160. The Balaban J connectivity index is 1.64. The van der Waals surface area contributed by atoms with Crippen LogP contribution in [0.1, 0.15) is 43.9 Å². The molecule has 0 saturated heterocycles. The Morgan fingerprint density at radius 1 is 1.18 bits per heavy atom. The number of thiophene rings is 1. The minimum Gasteiger partial charge on any atom is -0.462 e. The lowest BCUT2D eigenvalue weighted by molar-refractivity contribution is -0.113. The molecule has 0 saturated carbocycles. The van der Waals surface area contributed by atoms with Gasteiger partial charge in [0, 0.05) is 13.5 Å². The van der Waals surface area contributed by atoms with Crippen molar-refractivity contribution in [3.05, 3.63) is 57.7 Å². The SMILES string of the molecule is CCOC(=O)c1c(NC(=O)CSc2nnc(CCc3ccccc3)n2C)sc(C(N)=O)c1C. The third-order valence-corrected chi connectivity index (χ3v) is 7.08. The Labute approximate surface area is 199 Å². The number of hydrogen-bond donors (Lipinski definition) is 2. The first kappa shape index (κ1) is 24.5. The Morgan fingerprint density at radius 2 is 1.91 bits per heavy atom. The Kier molecular flexibility index (Phi) is 8.23. The summed E-state index contributed by atoms with van der Waals surface area (Å²) < 4.78 is 6.93. The topological polar surface area (TPSA) is 129 Å². The predicted molar refractivity (Wildman–Crippen MR) is 128 cm³/mol. The van der Waals surface area contributed by atoms with E-state index in [1.54, 1.807) is 13.8 Å². The standard InChI is InChI=1S/C22H25N5O4S2/c1-4-31-21(30)17-13(2)18(19(23)29)33-20(17)24-16(28)12-32-22-26-25-15(27(22)3)11-10-14-8-6-5-7-9-14/h5-9H,4,10-12H2,1-3H3,(H2,23,29)(H,24,28). The molecule has 33 heavy (non-hydrogen) atoms. The van der Waals surface area contributed by atoms with Gasteiger partial charge >= 0.3 is 5.97 Å². The maximum atomic E-state index is 12.6. The molecule has 3 aromatic rings. The van der Waals surface area contributed by atoms with Gasteiger partial charge in [0.1, 0.15) is 10.8 Å². The zero-order valence-electron chi connectivity index (χ0n) is 18.6. The van der Waals surface area contributed by atoms with Crippen LogP contribution < -0.4 is 11.1 Å². The highest BCUT2D eigenvalue weighted by molar-refractivity contribution is 7.99. The van der Waals surface area contributed by atoms with Gasteiger partial charge in [-0.15, -0.1) is 21.5 Å². The minimum absolute atomic E-state index is 0.0514. The monoisotopic (exact) mass is 487 g/mol. The third kappa shape index (κ3) is 5.99. The summed E-state index contributed by atoms with van der Waals surface area (Å²) in [6, 6.07) is 10.1. The lowest BCUT2D eigenvalue weighted by Gasteiger charge is -2.07. The molecule has 174 valence electrons. The van der Waals surface area contributed by atoms with Crippen molar-refractivity contribution in [2.45, 2.75) is 31.8 Å². The van der Waals surface area contributed by atoms with Crippen molar-refractivity contribution in [1.82, 2.24) is 14.8 Å². The fraction of sp³-hybridized carbons (Fsp3) is 0.318. The summed E-state index contributed by atoms with van der Waals surface area (Å²) in [4.78, 5) is 36.8. The van der Waals surface area contributed by atoms with Crippen LogP contribution in [-0.4, -0.2) is 44.9 Å². The minimum atomic E-state index is -0.667. The summed E-state index contributed by atoms with van der Waals surface area (Å²) >= 11 is 2.19. The molecule has 11 heteroatoms. The lowest BCUT2D eigenvalue weighted by Crippen LogP contribution is -2.17. The molecule has 0 aliphatic rings. The summed E-state index contributed by atoms with van der Waals surface area (Å²) in [5.41, 5.74) is 7.16. The van der Waals surface area contributed by atoms with Crippen molar-refractivity contribution in [2.24, 2.45) is 12.8 Å². The second kappa shape index (κ2) is 11.1. The van der Waals surface area contributed by atoms with Gasteiger partial charge in [-0.2, -0.15) is 0 Å². The first-order valence-electron chi connectivity index (χ1n) is 10.3. The van der Waals surface area contributed by atoms with E-state index < -0.39 is 11.9 Å². The number of hydrogen-bond acceptors (Lipinski definition) is 8. The number of anilines is 1. The molecular weight excluding hydrogens is 462 g/mol. The van der Waals surface area contributed by atoms with Crippen LogP contribution in [0.15, 0.2) is 35.5 Å². The van der Waals surface area contributed by atoms with Crippen LogP contribution in [0, 0.1) is 6.92 Å². The molecule has 0 spiro atoms. The van der Waals surface area contributed by atoms with Gasteiger partial charge in [0.2, 0.25) is 5.91 Å². The number of ether oxygens (including phenoxy) is 1. The van der Waals surface area contributed by atoms with Gasteiger partial charge in [-0.05, 0) is 31.4 Å². The molecule has 2 aromatic heterocycles. The lowest BCUT2D eigenvalue weighted by atomic mass is 10.1. The number of aromatic nitrogens is 3. The van der Waals surface area contributed by atoms with Crippen molar-refractivity contribution >= 4 is 45.9 Å². The summed E-state index contributed by atoms with van der Waals surface area (Å²) in [6.45, 7) is 3.45. The molecule has 2 heterocycles. The van der Waals surface area contributed by atoms with Gasteiger partial charge in [0.25, 0.3) is 5.91 Å². The fourth-order valence-electron chi connectivity index (χ4n) is 3.17. The van der Waals surface area contributed by atoms with E-state index in [2.05, 4.69) is 27.6 Å². The smallest absolute Gasteiger partial charge is 0.341 e. The largest absolute Gasteiger partial charge is 0.462 e. The molecule has 0 atom stereocenters. The molecule has 0 radical (unpaired) electrons. The van der Waals surface area contributed by atoms with Gasteiger partial charge in [-0.25, -0.2) is 4.79 Å². The fourth-order valence-corrected chi connectivity index (χ4v) is 4.96. The van der Waals surface area contributed by atoms with Crippen LogP contribution in [0.2, 0.25) is 0 Å². The summed E-state index contributed by atoms with van der Waals surface area (Å²) in [7, 11) is 1.86. The Hall–Kier alpha value is -3.18. The molecule has 0 bridgehead atoms. The number of nitrogens with two attached hydrogens (primary N) is 1. The van der Waals surface area contributed by atoms with Gasteiger partial charge < -0.3 is 20.4 Å². The molecule has 3 rings (SSSR count).